The van der Waals surface area contributed by atoms with Gasteiger partial charge in [-0.1, -0.05) is 6.07 Å². The lowest BCUT2D eigenvalue weighted by Gasteiger charge is -2.21. The average molecular weight is 350 g/mol. The number of nitrogens with zero attached hydrogens (tertiary/aromatic N) is 3. The molecule has 0 fully saturated rings. The zero-order chi connectivity index (χ0) is 15.4. The van der Waals surface area contributed by atoms with Crippen LogP contribution < -0.4 is 4.90 Å². The Hall–Kier alpha value is -2.28. The number of hydrogen-bond acceptors (Lipinski definition) is 4. The van der Waals surface area contributed by atoms with E-state index < -0.39 is 4.92 Å². The van der Waals surface area contributed by atoms with Crippen LogP contribution in [0.4, 0.5) is 11.4 Å². The van der Waals surface area contributed by atoms with Gasteiger partial charge in [-0.2, -0.15) is 0 Å². The number of pyridine rings is 1. The summed E-state index contributed by atoms with van der Waals surface area (Å²) in [5, 5.41) is 10.9. The standard InChI is InChI=1S/C14H12BrN3O3/c1-2-17(10-6-8-16-9-7-10)14(19)11-4-3-5-12(13(11)15)18(20)21/h3-9H,2H2,1H3. The SMILES string of the molecule is CCN(C(=O)c1cccc([N+](=O)[O-])c1Br)c1ccncc1. The summed E-state index contributed by atoms with van der Waals surface area (Å²) in [5.74, 6) is -0.306. The van der Waals surface area contributed by atoms with Gasteiger partial charge in [0.25, 0.3) is 11.6 Å². The predicted molar refractivity (Wildman–Crippen MR) is 82.4 cm³/mol. The number of nitro groups is 1. The molecule has 6 nitrogen and oxygen atoms in total. The third kappa shape index (κ3) is 3.08. The zero-order valence-electron chi connectivity index (χ0n) is 11.2. The van der Waals surface area contributed by atoms with Gasteiger partial charge in [0, 0.05) is 30.7 Å². The lowest BCUT2D eigenvalue weighted by Crippen LogP contribution is -2.31. The number of halogens is 1. The van der Waals surface area contributed by atoms with Crippen molar-refractivity contribution < 1.29 is 9.72 Å². The largest absolute Gasteiger partial charge is 0.309 e. The molecular weight excluding hydrogens is 338 g/mol. The van der Waals surface area contributed by atoms with E-state index in [1.165, 1.54) is 17.0 Å². The smallest absolute Gasteiger partial charge is 0.284 e. The third-order valence-corrected chi connectivity index (χ3v) is 3.77. The van der Waals surface area contributed by atoms with Crippen LogP contribution >= 0.6 is 15.9 Å². The second kappa shape index (κ2) is 6.45. The highest BCUT2D eigenvalue weighted by Crippen LogP contribution is 2.30. The van der Waals surface area contributed by atoms with E-state index in [1.54, 1.807) is 30.6 Å². The van der Waals surface area contributed by atoms with Crippen LogP contribution in [-0.2, 0) is 0 Å². The third-order valence-electron chi connectivity index (χ3n) is 2.94. The van der Waals surface area contributed by atoms with E-state index >= 15 is 0 Å². The van der Waals surface area contributed by atoms with Crippen LogP contribution in [-0.4, -0.2) is 22.4 Å². The van der Waals surface area contributed by atoms with Crippen LogP contribution in [0.2, 0.25) is 0 Å². The minimum absolute atomic E-state index is 0.133. The molecule has 1 heterocycles. The van der Waals surface area contributed by atoms with Gasteiger partial charge < -0.3 is 4.90 Å². The number of aromatic nitrogens is 1. The van der Waals surface area contributed by atoms with Crippen LogP contribution in [0.1, 0.15) is 17.3 Å². The summed E-state index contributed by atoms with van der Waals surface area (Å²) in [7, 11) is 0. The summed E-state index contributed by atoms with van der Waals surface area (Å²) in [6, 6.07) is 7.84. The number of anilines is 1. The number of carbonyl (C=O) groups excluding carboxylic acids is 1. The second-order valence-corrected chi connectivity index (χ2v) is 4.94. The van der Waals surface area contributed by atoms with Gasteiger partial charge in [-0.3, -0.25) is 19.9 Å². The maximum Gasteiger partial charge on any atom is 0.284 e. The van der Waals surface area contributed by atoms with Gasteiger partial charge in [0.15, 0.2) is 0 Å². The molecule has 2 rings (SSSR count). The highest BCUT2D eigenvalue weighted by Gasteiger charge is 2.23. The number of hydrogen-bond donors (Lipinski definition) is 0. The van der Waals surface area contributed by atoms with Gasteiger partial charge in [0.1, 0.15) is 4.47 Å². The Balaban J connectivity index is 2.44. The summed E-state index contributed by atoms with van der Waals surface area (Å²) in [4.78, 5) is 28.5. The van der Waals surface area contributed by atoms with Gasteiger partial charge in [-0.05, 0) is 41.1 Å². The Morgan fingerprint density at radius 1 is 1.33 bits per heavy atom. The van der Waals surface area contributed by atoms with E-state index in [2.05, 4.69) is 20.9 Å². The van der Waals surface area contributed by atoms with Crippen LogP contribution in [0.15, 0.2) is 47.2 Å². The number of amides is 1. The van der Waals surface area contributed by atoms with E-state index in [1.807, 2.05) is 6.92 Å². The van der Waals surface area contributed by atoms with Crippen molar-refractivity contribution in [3.8, 4) is 0 Å². The van der Waals surface area contributed by atoms with E-state index in [-0.39, 0.29) is 21.6 Å². The molecule has 1 aromatic heterocycles. The zero-order valence-corrected chi connectivity index (χ0v) is 12.8. The maximum atomic E-state index is 12.6. The topological polar surface area (TPSA) is 76.3 Å². The molecule has 21 heavy (non-hydrogen) atoms. The fourth-order valence-corrected chi connectivity index (χ4v) is 2.52. The summed E-state index contributed by atoms with van der Waals surface area (Å²) >= 11 is 3.15. The highest BCUT2D eigenvalue weighted by molar-refractivity contribution is 9.10. The van der Waals surface area contributed by atoms with Crippen molar-refractivity contribution in [3.63, 3.8) is 0 Å². The molecule has 0 unspecified atom stereocenters. The normalized spacial score (nSPS) is 10.2. The predicted octanol–water partition coefficient (Wildman–Crippen LogP) is 3.42. The first-order chi connectivity index (χ1) is 10.1. The molecule has 0 aliphatic heterocycles. The monoisotopic (exact) mass is 349 g/mol. The molecule has 1 aromatic carbocycles. The molecule has 0 N–H and O–H groups in total. The van der Waals surface area contributed by atoms with Crippen molar-refractivity contribution in [2.45, 2.75) is 6.92 Å². The maximum absolute atomic E-state index is 12.6. The van der Waals surface area contributed by atoms with Crippen molar-refractivity contribution in [1.29, 1.82) is 0 Å². The van der Waals surface area contributed by atoms with Gasteiger partial charge in [-0.25, -0.2) is 0 Å². The van der Waals surface area contributed by atoms with E-state index in [9.17, 15) is 14.9 Å². The van der Waals surface area contributed by atoms with E-state index in [4.69, 9.17) is 0 Å². The summed E-state index contributed by atoms with van der Waals surface area (Å²) in [6.45, 7) is 2.28. The van der Waals surface area contributed by atoms with Crippen molar-refractivity contribution in [2.24, 2.45) is 0 Å². The molecule has 0 saturated heterocycles. The van der Waals surface area contributed by atoms with Crippen molar-refractivity contribution >= 4 is 33.2 Å². The Bertz CT molecular complexity index is 676. The molecule has 0 aliphatic carbocycles. The van der Waals surface area contributed by atoms with E-state index in [0.717, 1.165) is 0 Å². The molecule has 7 heteroatoms. The van der Waals surface area contributed by atoms with Gasteiger partial charge >= 0.3 is 0 Å². The van der Waals surface area contributed by atoms with Crippen LogP contribution in [0.3, 0.4) is 0 Å². The Labute approximate surface area is 129 Å². The minimum Gasteiger partial charge on any atom is -0.309 e. The molecule has 2 aromatic rings. The fraction of sp³-hybridized carbons (Fsp3) is 0.143. The molecule has 0 bridgehead atoms. The first-order valence-electron chi connectivity index (χ1n) is 6.21. The van der Waals surface area contributed by atoms with E-state index in [0.29, 0.717) is 12.2 Å². The Kier molecular flexibility index (Phi) is 4.64. The first kappa shape index (κ1) is 15.1. The van der Waals surface area contributed by atoms with Crippen molar-refractivity contribution in [3.05, 3.63) is 62.9 Å². The van der Waals surface area contributed by atoms with Gasteiger partial charge in [0.05, 0.1) is 10.5 Å². The second-order valence-electron chi connectivity index (χ2n) is 4.15. The lowest BCUT2D eigenvalue weighted by atomic mass is 10.1. The van der Waals surface area contributed by atoms with Crippen LogP contribution in [0.5, 0.6) is 0 Å². The molecule has 1 amide bonds. The van der Waals surface area contributed by atoms with Crippen LogP contribution in [0.25, 0.3) is 0 Å². The molecule has 0 saturated carbocycles. The number of rotatable bonds is 4. The number of carbonyl (C=O) groups is 1. The highest BCUT2D eigenvalue weighted by atomic mass is 79.9. The van der Waals surface area contributed by atoms with Crippen molar-refractivity contribution in [1.82, 2.24) is 4.98 Å². The average Bonchev–Trinajstić information content (AvgIpc) is 2.49. The molecule has 108 valence electrons. The fourth-order valence-electron chi connectivity index (χ4n) is 1.94. The van der Waals surface area contributed by atoms with Gasteiger partial charge in [-0.15, -0.1) is 0 Å². The molecule has 0 radical (unpaired) electrons. The minimum atomic E-state index is -0.524. The lowest BCUT2D eigenvalue weighted by molar-refractivity contribution is -0.385. The van der Waals surface area contributed by atoms with Gasteiger partial charge in [0.2, 0.25) is 0 Å². The molecule has 0 aliphatic rings. The molecule has 0 spiro atoms. The molecule has 0 atom stereocenters. The number of benzene rings is 1. The quantitative estimate of drug-likeness (QED) is 0.625. The Morgan fingerprint density at radius 3 is 2.57 bits per heavy atom. The molecular formula is C14H12BrN3O3. The first-order valence-corrected chi connectivity index (χ1v) is 7.00. The van der Waals surface area contributed by atoms with Crippen molar-refractivity contribution in [2.75, 3.05) is 11.4 Å². The summed E-state index contributed by atoms with van der Waals surface area (Å²) in [6.07, 6.45) is 3.18. The van der Waals surface area contributed by atoms with Crippen LogP contribution in [0, 0.1) is 10.1 Å². The summed E-state index contributed by atoms with van der Waals surface area (Å²) in [5.41, 5.74) is 0.811. The Morgan fingerprint density at radius 2 is 2.00 bits per heavy atom. The number of nitro benzene ring substituents is 1. The summed E-state index contributed by atoms with van der Waals surface area (Å²) < 4.78 is 0.188.